The molecule has 1 fully saturated rings. The summed E-state index contributed by atoms with van der Waals surface area (Å²) < 4.78 is 13.3. The van der Waals surface area contributed by atoms with Crippen molar-refractivity contribution < 1.29 is 14.3 Å². The monoisotopic (exact) mass is 392 g/mol. The first kappa shape index (κ1) is 19.1. The van der Waals surface area contributed by atoms with Crippen LogP contribution in [0.25, 0.3) is 11.4 Å². The molecule has 2 aromatic carbocycles. The summed E-state index contributed by atoms with van der Waals surface area (Å²) in [6.45, 7) is 4.17. The maximum Gasteiger partial charge on any atom is 0.255 e. The van der Waals surface area contributed by atoms with Crippen molar-refractivity contribution >= 4 is 11.6 Å². The fourth-order valence-corrected chi connectivity index (χ4v) is 3.32. The quantitative estimate of drug-likeness (QED) is 0.662. The number of hydrogen-bond donors (Lipinski definition) is 1. The summed E-state index contributed by atoms with van der Waals surface area (Å²) in [6, 6.07) is 14.7. The van der Waals surface area contributed by atoms with Gasteiger partial charge < -0.3 is 19.4 Å². The van der Waals surface area contributed by atoms with E-state index in [0.29, 0.717) is 17.9 Å². The molecular weight excluding hydrogens is 368 g/mol. The Bertz CT molecular complexity index is 962. The van der Waals surface area contributed by atoms with Crippen LogP contribution in [0.2, 0.25) is 0 Å². The zero-order chi connectivity index (χ0) is 20.1. The topological polar surface area (TPSA) is 78.3 Å². The van der Waals surface area contributed by atoms with Gasteiger partial charge in [0.15, 0.2) is 5.82 Å². The molecule has 0 radical (unpaired) electrons. The molecule has 150 valence electrons. The minimum atomic E-state index is -0.176. The Kier molecular flexibility index (Phi) is 5.86. The van der Waals surface area contributed by atoms with E-state index in [1.54, 1.807) is 18.5 Å². The van der Waals surface area contributed by atoms with Gasteiger partial charge in [0, 0.05) is 30.0 Å². The number of nitrogens with one attached hydrogen (secondary N) is 1. The average molecular weight is 392 g/mol. The Morgan fingerprint density at radius 2 is 2.14 bits per heavy atom. The first-order valence-electron chi connectivity index (χ1n) is 9.87. The first-order chi connectivity index (χ1) is 14.2. The number of anilines is 1. The third kappa shape index (κ3) is 4.63. The third-order valence-corrected chi connectivity index (χ3v) is 4.91. The second kappa shape index (κ2) is 8.87. The lowest BCUT2D eigenvalue weighted by Gasteiger charge is -2.12. The van der Waals surface area contributed by atoms with Crippen molar-refractivity contribution in [1.29, 1.82) is 0 Å². The smallest absolute Gasteiger partial charge is 0.255 e. The van der Waals surface area contributed by atoms with Crippen molar-refractivity contribution in [2.45, 2.75) is 32.4 Å². The van der Waals surface area contributed by atoms with E-state index >= 15 is 0 Å². The van der Waals surface area contributed by atoms with E-state index in [2.05, 4.69) is 15.5 Å². The summed E-state index contributed by atoms with van der Waals surface area (Å²) in [4.78, 5) is 12.6. The zero-order valence-corrected chi connectivity index (χ0v) is 16.4. The highest BCUT2D eigenvalue weighted by Gasteiger charge is 2.16. The Morgan fingerprint density at radius 3 is 2.90 bits per heavy atom. The fraction of sp³-hybridized carbons (Fsp3) is 0.318. The molecule has 0 saturated carbocycles. The van der Waals surface area contributed by atoms with Gasteiger partial charge in [-0.05, 0) is 56.2 Å². The van der Waals surface area contributed by atoms with Crippen molar-refractivity contribution in [3.8, 4) is 17.1 Å². The summed E-state index contributed by atoms with van der Waals surface area (Å²) in [5, 5.41) is 11.1. The van der Waals surface area contributed by atoms with Crippen molar-refractivity contribution in [3.63, 3.8) is 0 Å². The largest absolute Gasteiger partial charge is 0.491 e. The molecule has 7 nitrogen and oxygen atoms in total. The molecule has 1 aliphatic heterocycles. The molecule has 2 heterocycles. The van der Waals surface area contributed by atoms with Gasteiger partial charge in [-0.25, -0.2) is 0 Å². The van der Waals surface area contributed by atoms with Crippen molar-refractivity contribution in [2.75, 3.05) is 18.5 Å². The Balaban J connectivity index is 1.39. The normalized spacial score (nSPS) is 16.0. The molecule has 1 aliphatic rings. The van der Waals surface area contributed by atoms with E-state index in [4.69, 9.17) is 9.47 Å². The highest BCUT2D eigenvalue weighted by molar-refractivity contribution is 6.04. The summed E-state index contributed by atoms with van der Waals surface area (Å²) >= 11 is 0. The molecule has 1 aromatic heterocycles. The maximum absolute atomic E-state index is 12.6. The number of benzene rings is 2. The lowest BCUT2D eigenvalue weighted by atomic mass is 10.1. The molecular formula is C22H24N4O3. The number of carbonyl (C=O) groups is 1. The number of carbonyl (C=O) groups excluding carboxylic acids is 1. The van der Waals surface area contributed by atoms with E-state index in [0.717, 1.165) is 43.1 Å². The van der Waals surface area contributed by atoms with Gasteiger partial charge >= 0.3 is 0 Å². The number of hydrogen-bond acceptors (Lipinski definition) is 5. The molecule has 1 amide bonds. The highest BCUT2D eigenvalue weighted by atomic mass is 16.5. The molecule has 1 atom stereocenters. The van der Waals surface area contributed by atoms with Crippen molar-refractivity contribution in [2.24, 2.45) is 0 Å². The van der Waals surface area contributed by atoms with Crippen LogP contribution >= 0.6 is 0 Å². The Labute approximate surface area is 169 Å². The summed E-state index contributed by atoms with van der Waals surface area (Å²) in [5.41, 5.74) is 2.17. The van der Waals surface area contributed by atoms with Crippen LogP contribution in [0.1, 0.15) is 30.1 Å². The molecule has 0 spiro atoms. The number of amides is 1. The van der Waals surface area contributed by atoms with Gasteiger partial charge in [0.25, 0.3) is 5.91 Å². The summed E-state index contributed by atoms with van der Waals surface area (Å²) in [6.07, 6.45) is 3.99. The van der Waals surface area contributed by atoms with Gasteiger partial charge in [-0.3, -0.25) is 4.79 Å². The number of ether oxygens (including phenoxy) is 2. The molecule has 1 N–H and O–H groups in total. The van der Waals surface area contributed by atoms with Crippen molar-refractivity contribution in [1.82, 2.24) is 14.8 Å². The SMILES string of the molecule is CCn1cnnc1-c1cccc(NC(=O)c2ccc(OCC3CCCO3)cc2)c1. The second-order valence-electron chi connectivity index (χ2n) is 6.95. The van der Waals surface area contributed by atoms with E-state index in [-0.39, 0.29) is 12.0 Å². The molecule has 1 saturated heterocycles. The van der Waals surface area contributed by atoms with Crippen LogP contribution in [0.4, 0.5) is 5.69 Å². The predicted molar refractivity (Wildman–Crippen MR) is 110 cm³/mol. The van der Waals surface area contributed by atoms with E-state index < -0.39 is 0 Å². The third-order valence-electron chi connectivity index (χ3n) is 4.91. The molecule has 0 aliphatic carbocycles. The lowest BCUT2D eigenvalue weighted by molar-refractivity contribution is 0.0679. The second-order valence-corrected chi connectivity index (χ2v) is 6.95. The number of rotatable bonds is 7. The Hall–Kier alpha value is -3.19. The molecule has 0 bridgehead atoms. The molecule has 4 rings (SSSR count). The first-order valence-corrected chi connectivity index (χ1v) is 9.87. The van der Waals surface area contributed by atoms with Crippen LogP contribution < -0.4 is 10.1 Å². The van der Waals surface area contributed by atoms with E-state index in [1.165, 1.54) is 0 Å². The number of nitrogens with zero attached hydrogens (tertiary/aromatic N) is 3. The lowest BCUT2D eigenvalue weighted by Crippen LogP contribution is -2.16. The van der Waals surface area contributed by atoms with Gasteiger partial charge in [-0.2, -0.15) is 0 Å². The molecule has 1 unspecified atom stereocenters. The van der Waals surface area contributed by atoms with E-state index in [9.17, 15) is 4.79 Å². The molecule has 29 heavy (non-hydrogen) atoms. The van der Waals surface area contributed by atoms with Crippen LogP contribution in [0.15, 0.2) is 54.9 Å². The van der Waals surface area contributed by atoms with Gasteiger partial charge in [0.1, 0.15) is 18.7 Å². The minimum Gasteiger partial charge on any atom is -0.491 e. The van der Waals surface area contributed by atoms with Crippen molar-refractivity contribution in [3.05, 3.63) is 60.4 Å². The van der Waals surface area contributed by atoms with Gasteiger partial charge in [0.05, 0.1) is 6.10 Å². The minimum absolute atomic E-state index is 0.170. The van der Waals surface area contributed by atoms with Crippen LogP contribution in [0.3, 0.4) is 0 Å². The molecule has 3 aromatic rings. The maximum atomic E-state index is 12.6. The van der Waals surface area contributed by atoms with Crippen LogP contribution in [0.5, 0.6) is 5.75 Å². The van der Waals surface area contributed by atoms with E-state index in [1.807, 2.05) is 47.9 Å². The summed E-state index contributed by atoms with van der Waals surface area (Å²) in [5.74, 6) is 1.33. The predicted octanol–water partition coefficient (Wildman–Crippen LogP) is 3.78. The summed E-state index contributed by atoms with van der Waals surface area (Å²) in [7, 11) is 0. The highest BCUT2D eigenvalue weighted by Crippen LogP contribution is 2.22. The number of aromatic nitrogens is 3. The fourth-order valence-electron chi connectivity index (χ4n) is 3.32. The van der Waals surface area contributed by atoms with Crippen LogP contribution in [0, 0.1) is 0 Å². The van der Waals surface area contributed by atoms with Gasteiger partial charge in [0.2, 0.25) is 0 Å². The zero-order valence-electron chi connectivity index (χ0n) is 16.4. The standard InChI is InChI=1S/C22H24N4O3/c1-2-26-15-23-25-21(26)17-5-3-6-18(13-17)24-22(27)16-8-10-19(11-9-16)29-14-20-7-4-12-28-20/h3,5-6,8-11,13,15,20H,2,4,7,12,14H2,1H3,(H,24,27). The van der Waals surface area contributed by atoms with Crippen LogP contribution in [-0.2, 0) is 11.3 Å². The average Bonchev–Trinajstić information content (AvgIpc) is 3.44. The molecule has 7 heteroatoms. The Morgan fingerprint density at radius 1 is 1.28 bits per heavy atom. The van der Waals surface area contributed by atoms with Gasteiger partial charge in [-0.1, -0.05) is 12.1 Å². The number of aryl methyl sites for hydroxylation is 1. The van der Waals surface area contributed by atoms with Gasteiger partial charge in [-0.15, -0.1) is 10.2 Å². The van der Waals surface area contributed by atoms with Crippen LogP contribution in [-0.4, -0.2) is 40.0 Å².